The lowest BCUT2D eigenvalue weighted by molar-refractivity contribution is -0.122. The summed E-state index contributed by atoms with van der Waals surface area (Å²) in [5.41, 5.74) is 0.823. The number of rotatable bonds is 2. The van der Waals surface area contributed by atoms with Gasteiger partial charge in [0.1, 0.15) is 5.82 Å². The zero-order chi connectivity index (χ0) is 10.9. The first kappa shape index (κ1) is 7.97. The summed E-state index contributed by atoms with van der Waals surface area (Å²) in [6.07, 6.45) is 0.863. The molecule has 1 heterocycles. The molecule has 1 saturated heterocycles. The van der Waals surface area contributed by atoms with Crippen LogP contribution in [0.4, 0.5) is 4.39 Å². The van der Waals surface area contributed by atoms with Gasteiger partial charge in [0.05, 0.1) is 0 Å². The number of hydrogen-bond acceptors (Lipinski definition) is 1. The van der Waals surface area contributed by atoms with Crippen molar-refractivity contribution in [1.82, 2.24) is 5.32 Å². The Morgan fingerprint density at radius 1 is 1.50 bits per heavy atom. The van der Waals surface area contributed by atoms with Crippen molar-refractivity contribution in [1.29, 1.82) is 0 Å². The van der Waals surface area contributed by atoms with Gasteiger partial charge in [-0.3, -0.25) is 4.79 Å². The normalized spacial score (nSPS) is 27.2. The number of amides is 1. The van der Waals surface area contributed by atoms with Gasteiger partial charge in [0.2, 0.25) is 5.91 Å². The zero-order valence-electron chi connectivity index (χ0n) is 8.72. The number of nitrogens with one attached hydrogen (secondary N) is 1. The summed E-state index contributed by atoms with van der Waals surface area (Å²) >= 11 is 0. The van der Waals surface area contributed by atoms with Crippen LogP contribution < -0.4 is 5.32 Å². The quantitative estimate of drug-likeness (QED) is 0.759. The molecule has 0 radical (unpaired) electrons. The third kappa shape index (κ3) is 1.92. The second kappa shape index (κ2) is 3.78. The van der Waals surface area contributed by atoms with Crippen LogP contribution in [0.5, 0.6) is 0 Å². The molecule has 74 valence electrons. The molecule has 1 fully saturated rings. The van der Waals surface area contributed by atoms with E-state index in [0.717, 1.165) is 5.56 Å². The highest BCUT2D eigenvalue weighted by Crippen LogP contribution is 2.16. The molecule has 0 saturated carbocycles. The van der Waals surface area contributed by atoms with Crippen molar-refractivity contribution < 1.29 is 10.6 Å². The molecule has 0 aliphatic carbocycles. The van der Waals surface area contributed by atoms with E-state index in [1.165, 1.54) is 12.1 Å². The van der Waals surface area contributed by atoms with Gasteiger partial charge in [0.15, 0.2) is 0 Å². The molecule has 1 N–H and O–H groups in total. The lowest BCUT2D eigenvalue weighted by atomic mass is 9.98. The van der Waals surface area contributed by atoms with E-state index >= 15 is 0 Å². The van der Waals surface area contributed by atoms with Gasteiger partial charge >= 0.3 is 0 Å². The van der Waals surface area contributed by atoms with Crippen molar-refractivity contribution in [3.8, 4) is 0 Å². The first-order chi connectivity index (χ1) is 7.10. The van der Waals surface area contributed by atoms with Crippen LogP contribution in [-0.4, -0.2) is 12.5 Å². The Hall–Kier alpha value is -1.38. The zero-order valence-corrected chi connectivity index (χ0v) is 7.72. The second-order valence-corrected chi connectivity index (χ2v) is 3.41. The van der Waals surface area contributed by atoms with Crippen LogP contribution in [0.25, 0.3) is 0 Å². The van der Waals surface area contributed by atoms with Crippen LogP contribution in [0, 0.1) is 11.7 Å². The molecule has 2 rings (SSSR count). The Labute approximate surface area is 83.5 Å². The molecular weight excluding hydrogens is 181 g/mol. The van der Waals surface area contributed by atoms with Gasteiger partial charge in [0, 0.05) is 13.8 Å². The average molecular weight is 194 g/mol. The topological polar surface area (TPSA) is 29.1 Å². The minimum atomic E-state index is -1.07. The summed E-state index contributed by atoms with van der Waals surface area (Å²) in [5.74, 6) is -1.60. The lowest BCUT2D eigenvalue weighted by Gasteiger charge is -2.05. The summed E-state index contributed by atoms with van der Waals surface area (Å²) in [4.78, 5) is 11.4. The highest BCUT2D eigenvalue weighted by molar-refractivity contribution is 5.80. The Kier molecular flexibility index (Phi) is 2.15. The standard InChI is InChI=1S/C11H12FNO/c12-10-3-1-8(2-4-10)7-9-5-6-13-11(9)14/h1-4,9H,5-7H2,(H,13,14)/i9D. The highest BCUT2D eigenvalue weighted by atomic mass is 19.1. The molecule has 1 atom stereocenters. The maximum Gasteiger partial charge on any atom is 0.223 e. The summed E-state index contributed by atoms with van der Waals surface area (Å²) in [6, 6.07) is 5.95. The van der Waals surface area contributed by atoms with E-state index in [-0.39, 0.29) is 11.7 Å². The molecule has 2 nitrogen and oxygen atoms in total. The second-order valence-electron chi connectivity index (χ2n) is 3.41. The molecular formula is C11H12FNO. The van der Waals surface area contributed by atoms with E-state index in [1.807, 2.05) is 0 Å². The van der Waals surface area contributed by atoms with Crippen molar-refractivity contribution in [2.24, 2.45) is 5.89 Å². The van der Waals surface area contributed by atoms with Crippen LogP contribution in [-0.2, 0) is 11.2 Å². The van der Waals surface area contributed by atoms with Crippen molar-refractivity contribution in [3.05, 3.63) is 35.6 Å². The fraction of sp³-hybridized carbons (Fsp3) is 0.364. The molecule has 1 aliphatic heterocycles. The maximum atomic E-state index is 12.6. The molecule has 1 amide bonds. The van der Waals surface area contributed by atoms with E-state index in [0.29, 0.717) is 19.4 Å². The van der Waals surface area contributed by atoms with E-state index in [9.17, 15) is 9.18 Å². The average Bonchev–Trinajstić information content (AvgIpc) is 2.51. The molecule has 0 aromatic heterocycles. The van der Waals surface area contributed by atoms with Crippen molar-refractivity contribution in [2.45, 2.75) is 12.8 Å². The SMILES string of the molecule is [2H]C1(Cc2ccc(F)cc2)CCNC1=O. The predicted molar refractivity (Wildman–Crippen MR) is 51.2 cm³/mol. The fourth-order valence-corrected chi connectivity index (χ4v) is 1.58. The number of hydrogen-bond donors (Lipinski definition) is 1. The molecule has 0 spiro atoms. The van der Waals surface area contributed by atoms with Crippen LogP contribution in [0.1, 0.15) is 13.4 Å². The first-order valence-electron chi connectivity index (χ1n) is 5.13. The molecule has 1 unspecified atom stereocenters. The van der Waals surface area contributed by atoms with Gasteiger partial charge in [-0.2, -0.15) is 0 Å². The number of carbonyl (C=O) groups is 1. The Morgan fingerprint density at radius 3 is 2.79 bits per heavy atom. The van der Waals surface area contributed by atoms with Crippen LogP contribution in [0.15, 0.2) is 24.3 Å². The third-order valence-electron chi connectivity index (χ3n) is 2.36. The van der Waals surface area contributed by atoms with Crippen LogP contribution in [0.2, 0.25) is 0 Å². The van der Waals surface area contributed by atoms with Crippen molar-refractivity contribution >= 4 is 5.91 Å². The van der Waals surface area contributed by atoms with Crippen molar-refractivity contribution in [3.63, 3.8) is 0 Å². The monoisotopic (exact) mass is 194 g/mol. The molecule has 1 aliphatic rings. The largest absolute Gasteiger partial charge is 0.356 e. The van der Waals surface area contributed by atoms with Gasteiger partial charge in [-0.15, -0.1) is 0 Å². The summed E-state index contributed by atoms with van der Waals surface area (Å²) in [5, 5.41) is 2.64. The van der Waals surface area contributed by atoms with Gasteiger partial charge in [-0.25, -0.2) is 4.39 Å². The fourth-order valence-electron chi connectivity index (χ4n) is 1.58. The Morgan fingerprint density at radius 2 is 2.21 bits per heavy atom. The van der Waals surface area contributed by atoms with Crippen LogP contribution in [0.3, 0.4) is 0 Å². The predicted octanol–water partition coefficient (Wildman–Crippen LogP) is 1.50. The van der Waals surface area contributed by atoms with E-state index in [4.69, 9.17) is 1.37 Å². The summed E-state index contributed by atoms with van der Waals surface area (Å²) in [6.45, 7) is 0.559. The molecule has 1 aromatic carbocycles. The lowest BCUT2D eigenvalue weighted by Crippen LogP contribution is -2.20. The Balaban J connectivity index is 2.14. The number of carbonyl (C=O) groups excluding carboxylic acids is 1. The third-order valence-corrected chi connectivity index (χ3v) is 2.36. The van der Waals surface area contributed by atoms with Crippen molar-refractivity contribution in [2.75, 3.05) is 6.54 Å². The highest BCUT2D eigenvalue weighted by Gasteiger charge is 2.23. The minimum Gasteiger partial charge on any atom is -0.356 e. The molecule has 0 bridgehead atoms. The van der Waals surface area contributed by atoms with E-state index in [1.54, 1.807) is 12.1 Å². The van der Waals surface area contributed by atoms with Gasteiger partial charge in [-0.1, -0.05) is 12.1 Å². The van der Waals surface area contributed by atoms with Gasteiger partial charge in [0.25, 0.3) is 0 Å². The molecule has 3 heteroatoms. The van der Waals surface area contributed by atoms with E-state index in [2.05, 4.69) is 5.32 Å². The summed E-state index contributed by atoms with van der Waals surface area (Å²) < 4.78 is 20.6. The Bertz CT molecular complexity index is 379. The first-order valence-corrected chi connectivity index (χ1v) is 4.63. The number of benzene rings is 1. The number of halogens is 1. The summed E-state index contributed by atoms with van der Waals surface area (Å²) in [7, 11) is 0. The van der Waals surface area contributed by atoms with Gasteiger partial charge < -0.3 is 5.32 Å². The maximum absolute atomic E-state index is 12.6. The minimum absolute atomic E-state index is 0.230. The molecule has 1 aromatic rings. The van der Waals surface area contributed by atoms with Gasteiger partial charge in [-0.05, 0) is 30.5 Å². The molecule has 14 heavy (non-hydrogen) atoms. The van der Waals surface area contributed by atoms with E-state index < -0.39 is 5.89 Å². The van der Waals surface area contributed by atoms with Crippen LogP contribution >= 0.6 is 0 Å². The smallest absolute Gasteiger partial charge is 0.223 e.